The summed E-state index contributed by atoms with van der Waals surface area (Å²) in [5, 5.41) is 4.98. The van der Waals surface area contributed by atoms with Gasteiger partial charge in [-0.2, -0.15) is 5.10 Å². The van der Waals surface area contributed by atoms with E-state index in [4.69, 9.17) is 9.47 Å². The van der Waals surface area contributed by atoms with Crippen LogP contribution in [-0.4, -0.2) is 54.9 Å². The number of benzene rings is 2. The molecule has 0 saturated carbocycles. The number of carbonyl (C=O) groups excluding carboxylic acids is 1. The Morgan fingerprint density at radius 2 is 2.00 bits per heavy atom. The highest BCUT2D eigenvalue weighted by Crippen LogP contribution is 2.25. The van der Waals surface area contributed by atoms with Crippen LogP contribution < -0.4 is 10.2 Å². The van der Waals surface area contributed by atoms with Crippen molar-refractivity contribution >= 4 is 38.8 Å². The van der Waals surface area contributed by atoms with Gasteiger partial charge in [-0.3, -0.25) is 10.2 Å². The van der Waals surface area contributed by atoms with Crippen LogP contribution in [0.4, 0.5) is 5.13 Å². The maximum Gasteiger partial charge on any atom is 0.260 e. The number of aromatic nitrogens is 1. The predicted molar refractivity (Wildman–Crippen MR) is 110 cm³/mol. The van der Waals surface area contributed by atoms with Crippen molar-refractivity contribution in [3.05, 3.63) is 54.1 Å². The SMILES string of the molecule is O=C(COc1ccc(/C=N/Nc2nc3ccccc3s2)cc1)N1CCOCC1. The van der Waals surface area contributed by atoms with Gasteiger partial charge in [0.15, 0.2) is 6.61 Å². The zero-order valence-electron chi connectivity index (χ0n) is 15.2. The van der Waals surface area contributed by atoms with E-state index in [1.54, 1.807) is 22.5 Å². The molecule has 4 rings (SSSR count). The molecule has 2 aromatic carbocycles. The average Bonchev–Trinajstić information content (AvgIpc) is 3.16. The van der Waals surface area contributed by atoms with Gasteiger partial charge < -0.3 is 14.4 Å². The molecule has 1 aliphatic rings. The smallest absolute Gasteiger partial charge is 0.260 e. The number of anilines is 1. The Hall–Kier alpha value is -2.97. The first-order chi connectivity index (χ1) is 13.8. The Bertz CT molecular complexity index is 932. The molecule has 8 heteroatoms. The number of nitrogens with zero attached hydrogens (tertiary/aromatic N) is 3. The van der Waals surface area contributed by atoms with E-state index in [2.05, 4.69) is 15.5 Å². The van der Waals surface area contributed by atoms with E-state index in [1.807, 2.05) is 48.5 Å². The predicted octanol–water partition coefficient (Wildman–Crippen LogP) is 2.98. The van der Waals surface area contributed by atoms with Crippen molar-refractivity contribution < 1.29 is 14.3 Å². The van der Waals surface area contributed by atoms with Crippen LogP contribution in [0.1, 0.15) is 5.56 Å². The van der Waals surface area contributed by atoms with E-state index < -0.39 is 0 Å². The van der Waals surface area contributed by atoms with Gasteiger partial charge in [-0.1, -0.05) is 23.5 Å². The van der Waals surface area contributed by atoms with Gasteiger partial charge in [-0.15, -0.1) is 0 Å². The van der Waals surface area contributed by atoms with Gasteiger partial charge in [-0.05, 0) is 42.0 Å². The third kappa shape index (κ3) is 4.65. The number of morpholine rings is 1. The molecule has 1 fully saturated rings. The molecule has 144 valence electrons. The van der Waals surface area contributed by atoms with Crippen molar-refractivity contribution in [2.45, 2.75) is 0 Å². The largest absolute Gasteiger partial charge is 0.484 e. The Labute approximate surface area is 166 Å². The maximum atomic E-state index is 12.1. The molecular weight excluding hydrogens is 376 g/mol. The highest BCUT2D eigenvalue weighted by molar-refractivity contribution is 7.22. The number of nitrogens with one attached hydrogen (secondary N) is 1. The Morgan fingerprint density at radius 3 is 2.79 bits per heavy atom. The van der Waals surface area contributed by atoms with Gasteiger partial charge in [0.2, 0.25) is 5.13 Å². The van der Waals surface area contributed by atoms with Crippen LogP contribution >= 0.6 is 11.3 Å². The topological polar surface area (TPSA) is 76.0 Å². The molecule has 0 atom stereocenters. The van der Waals surface area contributed by atoms with Crippen LogP contribution in [0, 0.1) is 0 Å². The second-order valence-electron chi connectivity index (χ2n) is 6.21. The average molecular weight is 396 g/mol. The lowest BCUT2D eigenvalue weighted by atomic mass is 10.2. The molecule has 0 aliphatic carbocycles. The minimum Gasteiger partial charge on any atom is -0.484 e. The fourth-order valence-corrected chi connectivity index (χ4v) is 3.60. The number of ether oxygens (including phenoxy) is 2. The molecule has 0 spiro atoms. The number of hydrazone groups is 1. The zero-order chi connectivity index (χ0) is 19.2. The van der Waals surface area contributed by atoms with Gasteiger partial charge in [0.1, 0.15) is 5.75 Å². The summed E-state index contributed by atoms with van der Waals surface area (Å²) in [6, 6.07) is 15.4. The second kappa shape index (κ2) is 8.81. The van der Waals surface area contributed by atoms with Crippen LogP contribution in [-0.2, 0) is 9.53 Å². The second-order valence-corrected chi connectivity index (χ2v) is 7.24. The minimum atomic E-state index is -0.0195. The summed E-state index contributed by atoms with van der Waals surface area (Å²) in [6.07, 6.45) is 1.72. The molecule has 28 heavy (non-hydrogen) atoms. The summed E-state index contributed by atoms with van der Waals surface area (Å²) < 4.78 is 11.9. The molecule has 1 aliphatic heterocycles. The summed E-state index contributed by atoms with van der Waals surface area (Å²) in [7, 11) is 0. The summed E-state index contributed by atoms with van der Waals surface area (Å²) in [5.41, 5.74) is 4.83. The van der Waals surface area contributed by atoms with E-state index in [0.717, 1.165) is 20.9 Å². The molecule has 1 N–H and O–H groups in total. The van der Waals surface area contributed by atoms with Crippen LogP contribution in [0.3, 0.4) is 0 Å². The molecular formula is C20H20N4O3S. The third-order valence-corrected chi connectivity index (χ3v) is 5.21. The molecule has 1 amide bonds. The molecule has 0 unspecified atom stereocenters. The summed E-state index contributed by atoms with van der Waals surface area (Å²) in [4.78, 5) is 18.3. The molecule has 2 heterocycles. The third-order valence-electron chi connectivity index (χ3n) is 4.27. The normalized spacial score (nSPS) is 14.5. The number of carbonyl (C=O) groups is 1. The van der Waals surface area contributed by atoms with Crippen molar-refractivity contribution in [3.8, 4) is 5.75 Å². The van der Waals surface area contributed by atoms with Crippen LogP contribution in [0.15, 0.2) is 53.6 Å². The number of rotatable bonds is 6. The summed E-state index contributed by atoms with van der Waals surface area (Å²) in [6.45, 7) is 2.46. The highest BCUT2D eigenvalue weighted by atomic mass is 32.1. The number of para-hydroxylation sites is 1. The van der Waals surface area contributed by atoms with E-state index in [1.165, 1.54) is 0 Å². The molecule has 0 bridgehead atoms. The van der Waals surface area contributed by atoms with Crippen molar-refractivity contribution in [1.29, 1.82) is 0 Å². The lowest BCUT2D eigenvalue weighted by molar-refractivity contribution is -0.137. The molecule has 1 aromatic heterocycles. The van der Waals surface area contributed by atoms with Crippen molar-refractivity contribution in [2.75, 3.05) is 38.3 Å². The monoisotopic (exact) mass is 396 g/mol. The van der Waals surface area contributed by atoms with Gasteiger partial charge in [-0.25, -0.2) is 4.98 Å². The minimum absolute atomic E-state index is 0.0195. The number of fused-ring (bicyclic) bond motifs is 1. The lowest BCUT2D eigenvalue weighted by Gasteiger charge is -2.26. The van der Waals surface area contributed by atoms with Crippen molar-refractivity contribution in [2.24, 2.45) is 5.10 Å². The van der Waals surface area contributed by atoms with Crippen LogP contribution in [0.5, 0.6) is 5.75 Å². The fourth-order valence-electron chi connectivity index (χ4n) is 2.78. The maximum absolute atomic E-state index is 12.1. The molecule has 1 saturated heterocycles. The van der Waals surface area contributed by atoms with Crippen LogP contribution in [0.25, 0.3) is 10.2 Å². The van der Waals surface area contributed by atoms with Crippen molar-refractivity contribution in [1.82, 2.24) is 9.88 Å². The summed E-state index contributed by atoms with van der Waals surface area (Å²) in [5.74, 6) is 0.631. The Balaban J connectivity index is 1.27. The zero-order valence-corrected chi connectivity index (χ0v) is 16.0. The Kier molecular flexibility index (Phi) is 5.79. The fraction of sp³-hybridized carbons (Fsp3) is 0.250. The Morgan fingerprint density at radius 1 is 1.21 bits per heavy atom. The first-order valence-electron chi connectivity index (χ1n) is 9.01. The number of thiazole rings is 1. The molecule has 3 aromatic rings. The van der Waals surface area contributed by atoms with E-state index >= 15 is 0 Å². The lowest BCUT2D eigenvalue weighted by Crippen LogP contribution is -2.42. The van der Waals surface area contributed by atoms with E-state index in [0.29, 0.717) is 32.1 Å². The first-order valence-corrected chi connectivity index (χ1v) is 9.83. The van der Waals surface area contributed by atoms with Crippen LogP contribution in [0.2, 0.25) is 0 Å². The quantitative estimate of drug-likeness (QED) is 0.512. The molecule has 0 radical (unpaired) electrons. The van der Waals surface area contributed by atoms with Gasteiger partial charge in [0.05, 0.1) is 29.6 Å². The van der Waals surface area contributed by atoms with E-state index in [9.17, 15) is 4.79 Å². The molecule has 7 nitrogen and oxygen atoms in total. The van der Waals surface area contributed by atoms with E-state index in [-0.39, 0.29) is 12.5 Å². The first kappa shape index (κ1) is 18.4. The number of amides is 1. The summed E-state index contributed by atoms with van der Waals surface area (Å²) >= 11 is 1.56. The van der Waals surface area contributed by atoms with Crippen molar-refractivity contribution in [3.63, 3.8) is 0 Å². The number of hydrogen-bond donors (Lipinski definition) is 1. The van der Waals surface area contributed by atoms with Gasteiger partial charge in [0.25, 0.3) is 5.91 Å². The highest BCUT2D eigenvalue weighted by Gasteiger charge is 2.16. The number of hydrogen-bond acceptors (Lipinski definition) is 7. The van der Waals surface area contributed by atoms with Gasteiger partial charge in [0, 0.05) is 13.1 Å². The standard InChI is InChI=1S/C20H20N4O3S/c25-19(24-9-11-26-12-10-24)14-27-16-7-5-15(6-8-16)13-21-23-20-22-17-3-1-2-4-18(17)28-20/h1-8,13H,9-12,14H2,(H,22,23)/b21-13+. The van der Waals surface area contributed by atoms with Gasteiger partial charge >= 0.3 is 0 Å².